The number of nitrogens with one attached hydrogen (secondary N) is 1. The summed E-state index contributed by atoms with van der Waals surface area (Å²) in [7, 11) is 0. The Labute approximate surface area is 117 Å². The molecule has 3 nitrogen and oxygen atoms in total. The standard InChI is InChI=1S/C11H9ClFN3S2/c1-7(12)6-17-11-16-15-10(18-11)14-9-4-2-8(13)3-5-9/h2-5H,1,6H2,(H,14,15). The van der Waals surface area contributed by atoms with Crippen molar-refractivity contribution in [2.24, 2.45) is 0 Å². The van der Waals surface area contributed by atoms with Crippen LogP contribution in [0.4, 0.5) is 15.2 Å². The van der Waals surface area contributed by atoms with Gasteiger partial charge < -0.3 is 5.32 Å². The molecule has 2 aromatic rings. The summed E-state index contributed by atoms with van der Waals surface area (Å²) in [6.45, 7) is 3.60. The molecule has 1 aromatic carbocycles. The molecule has 1 heterocycles. The summed E-state index contributed by atoms with van der Waals surface area (Å²) in [5.41, 5.74) is 0.769. The van der Waals surface area contributed by atoms with Crippen molar-refractivity contribution in [2.45, 2.75) is 4.34 Å². The number of rotatable bonds is 5. The highest BCUT2D eigenvalue weighted by molar-refractivity contribution is 8.01. The highest BCUT2D eigenvalue weighted by atomic mass is 35.5. The van der Waals surface area contributed by atoms with Gasteiger partial charge in [-0.25, -0.2) is 4.39 Å². The van der Waals surface area contributed by atoms with Crippen LogP contribution in [0.15, 0.2) is 40.2 Å². The molecule has 2 rings (SSSR count). The van der Waals surface area contributed by atoms with Crippen LogP contribution in [-0.2, 0) is 0 Å². The van der Waals surface area contributed by atoms with Gasteiger partial charge in [0.15, 0.2) is 4.34 Å². The first kappa shape index (κ1) is 13.3. The lowest BCUT2D eigenvalue weighted by Crippen LogP contribution is -1.89. The zero-order valence-electron chi connectivity index (χ0n) is 9.19. The molecule has 0 aliphatic carbocycles. The van der Waals surface area contributed by atoms with E-state index in [-0.39, 0.29) is 5.82 Å². The van der Waals surface area contributed by atoms with Gasteiger partial charge in [0.2, 0.25) is 5.13 Å². The fraction of sp³-hybridized carbons (Fsp3) is 0.0909. The van der Waals surface area contributed by atoms with Gasteiger partial charge in [-0.2, -0.15) is 0 Å². The number of anilines is 2. The predicted octanol–water partition coefficient (Wildman–Crippen LogP) is 4.27. The summed E-state index contributed by atoms with van der Waals surface area (Å²) in [5.74, 6) is 0.335. The van der Waals surface area contributed by atoms with Crippen molar-refractivity contribution in [1.29, 1.82) is 0 Å². The number of nitrogens with zero attached hydrogens (tertiary/aromatic N) is 2. The third-order valence-electron chi connectivity index (χ3n) is 1.85. The van der Waals surface area contributed by atoms with Crippen molar-refractivity contribution in [2.75, 3.05) is 11.1 Å². The van der Waals surface area contributed by atoms with Gasteiger partial charge in [0.25, 0.3) is 0 Å². The molecule has 0 radical (unpaired) electrons. The van der Waals surface area contributed by atoms with Crippen LogP contribution >= 0.6 is 34.7 Å². The number of halogens is 2. The quantitative estimate of drug-likeness (QED) is 0.837. The summed E-state index contributed by atoms with van der Waals surface area (Å²) in [5, 5.41) is 12.3. The molecular formula is C11H9ClFN3S2. The number of aromatic nitrogens is 2. The lowest BCUT2D eigenvalue weighted by molar-refractivity contribution is 0.628. The minimum Gasteiger partial charge on any atom is -0.330 e. The van der Waals surface area contributed by atoms with E-state index in [0.29, 0.717) is 15.9 Å². The van der Waals surface area contributed by atoms with E-state index in [4.69, 9.17) is 11.6 Å². The normalized spacial score (nSPS) is 10.3. The van der Waals surface area contributed by atoms with E-state index in [1.807, 2.05) is 0 Å². The maximum absolute atomic E-state index is 12.7. The minimum absolute atomic E-state index is 0.269. The van der Waals surface area contributed by atoms with Crippen molar-refractivity contribution in [3.63, 3.8) is 0 Å². The Morgan fingerprint density at radius 1 is 1.39 bits per heavy atom. The van der Waals surface area contributed by atoms with Crippen LogP contribution in [-0.4, -0.2) is 16.0 Å². The van der Waals surface area contributed by atoms with E-state index in [0.717, 1.165) is 10.0 Å². The van der Waals surface area contributed by atoms with Crippen LogP contribution in [0.2, 0.25) is 0 Å². The van der Waals surface area contributed by atoms with Crippen LogP contribution in [0.25, 0.3) is 0 Å². The number of hydrogen-bond donors (Lipinski definition) is 1. The molecule has 7 heteroatoms. The highest BCUT2D eigenvalue weighted by Gasteiger charge is 2.05. The van der Waals surface area contributed by atoms with Gasteiger partial charge in [-0.15, -0.1) is 10.2 Å². The molecule has 1 N–H and O–H groups in total. The summed E-state index contributed by atoms with van der Waals surface area (Å²) >= 11 is 8.55. The lowest BCUT2D eigenvalue weighted by Gasteiger charge is -2.00. The average Bonchev–Trinajstić information content (AvgIpc) is 2.77. The number of thioether (sulfide) groups is 1. The molecule has 0 atom stereocenters. The van der Waals surface area contributed by atoms with E-state index in [2.05, 4.69) is 22.1 Å². The molecule has 0 fully saturated rings. The molecule has 0 saturated carbocycles. The Bertz CT molecular complexity index is 541. The predicted molar refractivity (Wildman–Crippen MR) is 75.3 cm³/mol. The van der Waals surface area contributed by atoms with Crippen molar-refractivity contribution >= 4 is 45.5 Å². The van der Waals surface area contributed by atoms with Crippen molar-refractivity contribution in [3.05, 3.63) is 41.7 Å². The molecule has 0 amide bonds. The fourth-order valence-electron chi connectivity index (χ4n) is 1.12. The largest absolute Gasteiger partial charge is 0.330 e. The Kier molecular flexibility index (Phi) is 4.57. The minimum atomic E-state index is -0.269. The molecule has 0 saturated heterocycles. The molecular weight excluding hydrogens is 293 g/mol. The van der Waals surface area contributed by atoms with Crippen LogP contribution in [0.3, 0.4) is 0 Å². The maximum Gasteiger partial charge on any atom is 0.210 e. The van der Waals surface area contributed by atoms with Gasteiger partial charge in [0.1, 0.15) is 5.82 Å². The molecule has 0 aliphatic rings. The smallest absolute Gasteiger partial charge is 0.210 e. The average molecular weight is 302 g/mol. The van der Waals surface area contributed by atoms with Gasteiger partial charge in [-0.05, 0) is 24.3 Å². The fourth-order valence-corrected chi connectivity index (χ4v) is 2.80. The maximum atomic E-state index is 12.7. The van der Waals surface area contributed by atoms with Crippen molar-refractivity contribution in [3.8, 4) is 0 Å². The second kappa shape index (κ2) is 6.17. The van der Waals surface area contributed by atoms with Crippen LogP contribution in [0.5, 0.6) is 0 Å². The number of benzene rings is 1. The molecule has 0 unspecified atom stereocenters. The number of hydrogen-bond acceptors (Lipinski definition) is 5. The first-order chi connectivity index (χ1) is 8.63. The van der Waals surface area contributed by atoms with E-state index >= 15 is 0 Å². The third-order valence-corrected chi connectivity index (χ3v) is 4.20. The third kappa shape index (κ3) is 3.97. The Morgan fingerprint density at radius 2 is 2.11 bits per heavy atom. The van der Waals surface area contributed by atoms with Crippen LogP contribution in [0.1, 0.15) is 0 Å². The summed E-state index contributed by atoms with van der Waals surface area (Å²) < 4.78 is 13.5. The van der Waals surface area contributed by atoms with Gasteiger partial charge in [0, 0.05) is 16.5 Å². The highest BCUT2D eigenvalue weighted by Crippen LogP contribution is 2.28. The van der Waals surface area contributed by atoms with Crippen molar-refractivity contribution in [1.82, 2.24) is 10.2 Å². The van der Waals surface area contributed by atoms with Gasteiger partial charge in [-0.1, -0.05) is 41.3 Å². The zero-order chi connectivity index (χ0) is 13.0. The topological polar surface area (TPSA) is 37.8 Å². The van der Waals surface area contributed by atoms with Crippen LogP contribution in [0, 0.1) is 5.82 Å². The second-order valence-corrected chi connectivity index (χ2v) is 6.05. The first-order valence-electron chi connectivity index (χ1n) is 4.95. The van der Waals surface area contributed by atoms with Gasteiger partial charge in [-0.3, -0.25) is 0 Å². The molecule has 94 valence electrons. The summed E-state index contributed by atoms with van der Waals surface area (Å²) in [4.78, 5) is 0. The van der Waals surface area contributed by atoms with E-state index in [1.54, 1.807) is 12.1 Å². The molecule has 1 aromatic heterocycles. The van der Waals surface area contributed by atoms with E-state index in [9.17, 15) is 4.39 Å². The zero-order valence-corrected chi connectivity index (χ0v) is 11.6. The van der Waals surface area contributed by atoms with Gasteiger partial charge in [0.05, 0.1) is 0 Å². The van der Waals surface area contributed by atoms with Crippen LogP contribution < -0.4 is 5.32 Å². The monoisotopic (exact) mass is 301 g/mol. The van der Waals surface area contributed by atoms with E-state index in [1.165, 1.54) is 35.2 Å². The second-order valence-electron chi connectivity index (χ2n) is 3.31. The summed E-state index contributed by atoms with van der Waals surface area (Å²) in [6.07, 6.45) is 0. The summed E-state index contributed by atoms with van der Waals surface area (Å²) in [6, 6.07) is 6.06. The molecule has 18 heavy (non-hydrogen) atoms. The van der Waals surface area contributed by atoms with E-state index < -0.39 is 0 Å². The Hall–Kier alpha value is -1.11. The van der Waals surface area contributed by atoms with Crippen molar-refractivity contribution < 1.29 is 4.39 Å². The lowest BCUT2D eigenvalue weighted by atomic mass is 10.3. The van der Waals surface area contributed by atoms with Gasteiger partial charge >= 0.3 is 0 Å². The Balaban J connectivity index is 1.97. The molecule has 0 bridgehead atoms. The molecule has 0 aliphatic heterocycles. The first-order valence-corrected chi connectivity index (χ1v) is 7.13. The Morgan fingerprint density at radius 3 is 2.78 bits per heavy atom. The SMILES string of the molecule is C=C(Cl)CSc1nnc(Nc2ccc(F)cc2)s1. The molecule has 0 spiro atoms.